The van der Waals surface area contributed by atoms with Crippen molar-refractivity contribution in [2.45, 2.75) is 57.2 Å². The van der Waals surface area contributed by atoms with E-state index in [9.17, 15) is 5.11 Å². The molecule has 4 nitrogen and oxygen atoms in total. The van der Waals surface area contributed by atoms with Gasteiger partial charge in [-0.05, 0) is 46.7 Å². The minimum atomic E-state index is -0.0209. The van der Waals surface area contributed by atoms with Crippen LogP contribution >= 0.6 is 0 Å². The summed E-state index contributed by atoms with van der Waals surface area (Å²) in [4.78, 5) is 5.11. The zero-order valence-corrected chi connectivity index (χ0v) is 13.1. The van der Waals surface area contributed by atoms with Gasteiger partial charge in [0, 0.05) is 36.8 Å². The lowest BCUT2D eigenvalue weighted by molar-refractivity contribution is 0.0151. The smallest absolute Gasteiger partial charge is 0.0613 e. The maximum atomic E-state index is 9.72. The highest BCUT2D eigenvalue weighted by molar-refractivity contribution is 5.01. The zero-order valence-electron chi connectivity index (χ0n) is 13.1. The predicted octanol–water partition coefficient (Wildman–Crippen LogP) is 0.906. The topological polar surface area (TPSA) is 38.7 Å². The van der Waals surface area contributed by atoms with E-state index in [0.29, 0.717) is 6.04 Å². The van der Waals surface area contributed by atoms with Gasteiger partial charge in [0.25, 0.3) is 0 Å². The molecule has 0 aromatic heterocycles. The van der Waals surface area contributed by atoms with Crippen LogP contribution in [0.25, 0.3) is 0 Å². The molecule has 19 heavy (non-hydrogen) atoms. The molecule has 0 amide bonds. The highest BCUT2D eigenvalue weighted by Crippen LogP contribution is 2.34. The number of nitrogens with zero attached hydrogens (tertiary/aromatic N) is 2. The summed E-state index contributed by atoms with van der Waals surface area (Å²) in [6, 6.07) is 0.638. The van der Waals surface area contributed by atoms with Gasteiger partial charge in [-0.15, -0.1) is 0 Å². The normalized spacial score (nSPS) is 36.8. The van der Waals surface area contributed by atoms with Gasteiger partial charge >= 0.3 is 0 Å². The van der Waals surface area contributed by atoms with Crippen molar-refractivity contribution in [3.05, 3.63) is 0 Å². The number of aliphatic hydroxyl groups is 1. The Morgan fingerprint density at radius 3 is 2.63 bits per heavy atom. The van der Waals surface area contributed by atoms with Crippen molar-refractivity contribution in [3.63, 3.8) is 0 Å². The molecule has 1 aliphatic heterocycles. The second kappa shape index (κ2) is 5.68. The van der Waals surface area contributed by atoms with Crippen molar-refractivity contribution in [3.8, 4) is 0 Å². The molecule has 4 heteroatoms. The number of rotatable bonds is 4. The summed E-state index contributed by atoms with van der Waals surface area (Å²) < 4.78 is 0. The van der Waals surface area contributed by atoms with Gasteiger partial charge < -0.3 is 10.4 Å². The molecule has 2 unspecified atom stereocenters. The lowest BCUT2D eigenvalue weighted by atomic mass is 9.96. The maximum absolute atomic E-state index is 9.72. The average molecular weight is 269 g/mol. The standard InChI is InChI=1S/C15H31N3O/c1-5-16-15(12-19)7-6-13(10-15)18-9-8-17(4)14(2,3)11-18/h13,16,19H,5-12H2,1-4H3. The fourth-order valence-corrected chi connectivity index (χ4v) is 3.73. The first-order chi connectivity index (χ1) is 8.92. The van der Waals surface area contributed by atoms with Crippen LogP contribution in [-0.2, 0) is 0 Å². The van der Waals surface area contributed by atoms with Gasteiger partial charge in [0.2, 0.25) is 0 Å². The Kier molecular flexibility index (Phi) is 4.56. The summed E-state index contributed by atoms with van der Waals surface area (Å²) in [7, 11) is 2.22. The van der Waals surface area contributed by atoms with E-state index >= 15 is 0 Å². The summed E-state index contributed by atoms with van der Waals surface area (Å²) >= 11 is 0. The molecule has 2 rings (SSSR count). The Bertz CT molecular complexity index is 308. The third kappa shape index (κ3) is 3.13. The lowest BCUT2D eigenvalue weighted by Gasteiger charge is -2.47. The molecule has 2 aliphatic rings. The van der Waals surface area contributed by atoms with Crippen molar-refractivity contribution < 1.29 is 5.11 Å². The van der Waals surface area contributed by atoms with Crippen molar-refractivity contribution in [1.82, 2.24) is 15.1 Å². The van der Waals surface area contributed by atoms with Crippen LogP contribution in [0, 0.1) is 0 Å². The molecule has 0 spiro atoms. The summed E-state index contributed by atoms with van der Waals surface area (Å²) in [5, 5.41) is 13.2. The number of hydrogen-bond acceptors (Lipinski definition) is 4. The molecule has 112 valence electrons. The van der Waals surface area contributed by atoms with Crippen molar-refractivity contribution in [1.29, 1.82) is 0 Å². The molecular formula is C15H31N3O. The largest absolute Gasteiger partial charge is 0.394 e. The van der Waals surface area contributed by atoms with Crippen LogP contribution in [0.2, 0.25) is 0 Å². The molecule has 1 saturated carbocycles. The first-order valence-corrected chi connectivity index (χ1v) is 7.74. The van der Waals surface area contributed by atoms with Crippen LogP contribution in [-0.4, -0.2) is 71.9 Å². The predicted molar refractivity (Wildman–Crippen MR) is 79.4 cm³/mol. The highest BCUT2D eigenvalue weighted by Gasteiger charge is 2.42. The van der Waals surface area contributed by atoms with E-state index in [-0.39, 0.29) is 17.7 Å². The van der Waals surface area contributed by atoms with E-state index in [2.05, 4.69) is 42.9 Å². The van der Waals surface area contributed by atoms with Crippen molar-refractivity contribution in [2.75, 3.05) is 39.8 Å². The SMILES string of the molecule is CCNC1(CO)CCC(N2CCN(C)C(C)(C)C2)C1. The summed E-state index contributed by atoms with van der Waals surface area (Å²) in [5.41, 5.74) is 0.244. The maximum Gasteiger partial charge on any atom is 0.0613 e. The van der Waals surface area contributed by atoms with Gasteiger partial charge in [-0.1, -0.05) is 6.92 Å². The second-order valence-corrected chi connectivity index (χ2v) is 7.07. The van der Waals surface area contributed by atoms with Crippen molar-refractivity contribution >= 4 is 0 Å². The lowest BCUT2D eigenvalue weighted by Crippen LogP contribution is -2.60. The molecule has 1 saturated heterocycles. The molecular weight excluding hydrogens is 238 g/mol. The summed E-state index contributed by atoms with van der Waals surface area (Å²) in [5.74, 6) is 0. The molecule has 1 aliphatic carbocycles. The van der Waals surface area contributed by atoms with E-state index in [4.69, 9.17) is 0 Å². The Morgan fingerprint density at radius 2 is 2.05 bits per heavy atom. The molecule has 2 atom stereocenters. The van der Waals surface area contributed by atoms with Crippen LogP contribution in [0.3, 0.4) is 0 Å². The number of nitrogens with one attached hydrogen (secondary N) is 1. The third-order valence-electron chi connectivity index (χ3n) is 5.30. The van der Waals surface area contributed by atoms with Crippen LogP contribution in [0.5, 0.6) is 0 Å². The van der Waals surface area contributed by atoms with Gasteiger partial charge in [0.05, 0.1) is 6.61 Å². The average Bonchev–Trinajstić information content (AvgIpc) is 2.78. The summed E-state index contributed by atoms with van der Waals surface area (Å²) in [6.45, 7) is 11.5. The van der Waals surface area contributed by atoms with Crippen LogP contribution in [0.4, 0.5) is 0 Å². The molecule has 0 bridgehead atoms. The van der Waals surface area contributed by atoms with Crippen LogP contribution in [0.15, 0.2) is 0 Å². The number of likely N-dealkylation sites (N-methyl/N-ethyl adjacent to an activating group) is 2. The van der Waals surface area contributed by atoms with Crippen LogP contribution < -0.4 is 5.32 Å². The van der Waals surface area contributed by atoms with Crippen molar-refractivity contribution in [2.24, 2.45) is 0 Å². The number of hydrogen-bond donors (Lipinski definition) is 2. The molecule has 1 heterocycles. The quantitative estimate of drug-likeness (QED) is 0.795. The number of aliphatic hydroxyl groups excluding tert-OH is 1. The fourth-order valence-electron chi connectivity index (χ4n) is 3.73. The molecule has 0 radical (unpaired) electrons. The highest BCUT2D eigenvalue weighted by atomic mass is 16.3. The summed E-state index contributed by atoms with van der Waals surface area (Å²) in [6.07, 6.45) is 3.42. The van der Waals surface area contributed by atoms with E-state index < -0.39 is 0 Å². The van der Waals surface area contributed by atoms with E-state index in [0.717, 1.165) is 39.0 Å². The Morgan fingerprint density at radius 1 is 1.32 bits per heavy atom. The van der Waals surface area contributed by atoms with E-state index in [1.807, 2.05) is 0 Å². The van der Waals surface area contributed by atoms with Gasteiger partial charge in [-0.25, -0.2) is 0 Å². The number of piperazine rings is 1. The minimum Gasteiger partial charge on any atom is -0.394 e. The monoisotopic (exact) mass is 269 g/mol. The first kappa shape index (κ1) is 15.2. The van der Waals surface area contributed by atoms with Gasteiger partial charge in [-0.3, -0.25) is 9.80 Å². The third-order valence-corrected chi connectivity index (χ3v) is 5.30. The minimum absolute atomic E-state index is 0.0209. The van der Waals surface area contributed by atoms with Gasteiger partial charge in [0.15, 0.2) is 0 Å². The molecule has 0 aromatic rings. The van der Waals surface area contributed by atoms with E-state index in [1.54, 1.807) is 0 Å². The zero-order chi connectivity index (χ0) is 14.1. The van der Waals surface area contributed by atoms with Crippen LogP contribution in [0.1, 0.15) is 40.0 Å². The molecule has 2 N–H and O–H groups in total. The molecule has 2 fully saturated rings. The van der Waals surface area contributed by atoms with Gasteiger partial charge in [-0.2, -0.15) is 0 Å². The van der Waals surface area contributed by atoms with Gasteiger partial charge in [0.1, 0.15) is 0 Å². The van der Waals surface area contributed by atoms with E-state index in [1.165, 1.54) is 6.42 Å². The Hall–Kier alpha value is -0.160. The Labute approximate surface area is 118 Å². The first-order valence-electron chi connectivity index (χ1n) is 7.74. The second-order valence-electron chi connectivity index (χ2n) is 7.07. The molecule has 0 aromatic carbocycles. The fraction of sp³-hybridized carbons (Fsp3) is 1.00. The Balaban J connectivity index is 1.97.